The molecule has 0 saturated heterocycles. The molecule has 0 amide bonds. The molecule has 112 valence electrons. The molecule has 0 radical (unpaired) electrons. The maximum Gasteiger partial charge on any atom is 0.120 e. The minimum absolute atomic E-state index is 0.0206. The van der Waals surface area contributed by atoms with Gasteiger partial charge in [-0.1, -0.05) is 19.3 Å². The lowest BCUT2D eigenvalue weighted by molar-refractivity contribution is 0.0810. The highest BCUT2D eigenvalue weighted by atomic mass is 16.5. The number of hydrogen-bond acceptors (Lipinski definition) is 4. The molecule has 4 heteroatoms. The fourth-order valence-electron chi connectivity index (χ4n) is 2.99. The van der Waals surface area contributed by atoms with Crippen LogP contribution in [0.25, 0.3) is 0 Å². The van der Waals surface area contributed by atoms with Gasteiger partial charge in [-0.25, -0.2) is 0 Å². The summed E-state index contributed by atoms with van der Waals surface area (Å²) in [5.41, 5.74) is 0.848. The van der Waals surface area contributed by atoms with E-state index in [0.29, 0.717) is 6.54 Å². The third-order valence-electron chi connectivity index (χ3n) is 4.35. The lowest BCUT2D eigenvalue weighted by Gasteiger charge is -2.35. The molecule has 0 unspecified atom stereocenters. The Kier molecular flexibility index (Phi) is 5.26. The molecule has 1 saturated carbocycles. The zero-order valence-corrected chi connectivity index (χ0v) is 12.2. The number of aliphatic hydroxyl groups excluding tert-OH is 1. The van der Waals surface area contributed by atoms with Crippen LogP contribution < -0.4 is 10.1 Å². The molecule has 0 bridgehead atoms. The van der Waals surface area contributed by atoms with Crippen LogP contribution in [0, 0.1) is 5.41 Å². The molecule has 1 fully saturated rings. The smallest absolute Gasteiger partial charge is 0.120 e. The Labute approximate surface area is 120 Å². The summed E-state index contributed by atoms with van der Waals surface area (Å²) in [6, 6.07) is 5.24. The number of methoxy groups -OCH3 is 1. The van der Waals surface area contributed by atoms with Crippen molar-refractivity contribution < 1.29 is 14.9 Å². The Morgan fingerprint density at radius 2 is 2.00 bits per heavy atom. The van der Waals surface area contributed by atoms with Crippen molar-refractivity contribution in [1.29, 1.82) is 0 Å². The van der Waals surface area contributed by atoms with Crippen molar-refractivity contribution in [1.82, 2.24) is 5.32 Å². The normalized spacial score (nSPS) is 17.9. The molecule has 20 heavy (non-hydrogen) atoms. The van der Waals surface area contributed by atoms with Crippen molar-refractivity contribution in [3.8, 4) is 11.5 Å². The van der Waals surface area contributed by atoms with Crippen LogP contribution >= 0.6 is 0 Å². The maximum absolute atomic E-state index is 9.84. The second kappa shape index (κ2) is 6.95. The van der Waals surface area contributed by atoms with E-state index in [1.165, 1.54) is 19.3 Å². The lowest BCUT2D eigenvalue weighted by Crippen LogP contribution is -2.38. The van der Waals surface area contributed by atoms with Crippen molar-refractivity contribution in [2.24, 2.45) is 5.41 Å². The van der Waals surface area contributed by atoms with Gasteiger partial charge in [-0.15, -0.1) is 0 Å². The summed E-state index contributed by atoms with van der Waals surface area (Å²) < 4.78 is 5.17. The summed E-state index contributed by atoms with van der Waals surface area (Å²) >= 11 is 0. The maximum atomic E-state index is 9.84. The predicted molar refractivity (Wildman–Crippen MR) is 79.0 cm³/mol. The van der Waals surface area contributed by atoms with Crippen LogP contribution in [0.3, 0.4) is 0 Å². The van der Waals surface area contributed by atoms with Crippen molar-refractivity contribution >= 4 is 0 Å². The minimum Gasteiger partial charge on any atom is -0.508 e. The lowest BCUT2D eigenvalue weighted by atomic mass is 9.74. The molecule has 1 aliphatic carbocycles. The third-order valence-corrected chi connectivity index (χ3v) is 4.35. The largest absolute Gasteiger partial charge is 0.508 e. The quantitative estimate of drug-likeness (QED) is 0.748. The molecule has 1 aromatic carbocycles. The van der Waals surface area contributed by atoms with Crippen LogP contribution in [0.15, 0.2) is 18.2 Å². The van der Waals surface area contributed by atoms with Crippen molar-refractivity contribution in [2.75, 3.05) is 20.3 Å². The van der Waals surface area contributed by atoms with E-state index in [1.54, 1.807) is 19.2 Å². The molecular weight excluding hydrogens is 254 g/mol. The van der Waals surface area contributed by atoms with E-state index in [-0.39, 0.29) is 17.8 Å². The molecule has 1 aliphatic rings. The molecule has 4 nitrogen and oxygen atoms in total. The first-order valence-corrected chi connectivity index (χ1v) is 7.37. The van der Waals surface area contributed by atoms with Gasteiger partial charge in [0.25, 0.3) is 0 Å². The number of rotatable bonds is 6. The standard InChI is InChI=1S/C16H25NO3/c1-20-14-5-6-15(19)13(9-14)10-17-11-16(12-18)7-3-2-4-8-16/h5-6,9,17-19H,2-4,7-8,10-12H2,1H3. The fraction of sp³-hybridized carbons (Fsp3) is 0.625. The van der Waals surface area contributed by atoms with Gasteiger partial charge in [0, 0.05) is 30.7 Å². The van der Waals surface area contributed by atoms with E-state index in [4.69, 9.17) is 4.74 Å². The van der Waals surface area contributed by atoms with E-state index in [2.05, 4.69) is 5.32 Å². The third kappa shape index (κ3) is 3.64. The monoisotopic (exact) mass is 279 g/mol. The summed E-state index contributed by atoms with van der Waals surface area (Å²) in [7, 11) is 1.62. The first-order chi connectivity index (χ1) is 9.69. The molecule has 0 atom stereocenters. The highest BCUT2D eigenvalue weighted by Gasteiger charge is 2.30. The molecule has 2 rings (SSSR count). The zero-order chi connectivity index (χ0) is 14.4. The Hall–Kier alpha value is -1.26. The topological polar surface area (TPSA) is 61.7 Å². The number of aliphatic hydroxyl groups is 1. The molecule has 0 aliphatic heterocycles. The highest BCUT2D eigenvalue weighted by Crippen LogP contribution is 2.35. The van der Waals surface area contributed by atoms with Gasteiger partial charge < -0.3 is 20.3 Å². The molecule has 0 heterocycles. The molecule has 0 aromatic heterocycles. The van der Waals surface area contributed by atoms with E-state index in [9.17, 15) is 10.2 Å². The van der Waals surface area contributed by atoms with Gasteiger partial charge in [-0.2, -0.15) is 0 Å². The second-order valence-electron chi connectivity index (χ2n) is 5.82. The highest BCUT2D eigenvalue weighted by molar-refractivity contribution is 5.39. The van der Waals surface area contributed by atoms with Gasteiger partial charge in [-0.05, 0) is 31.0 Å². The molecule has 1 aromatic rings. The zero-order valence-electron chi connectivity index (χ0n) is 12.2. The number of aromatic hydroxyl groups is 1. The fourth-order valence-corrected chi connectivity index (χ4v) is 2.99. The minimum atomic E-state index is 0.0206. The number of ether oxygens (including phenoxy) is 1. The van der Waals surface area contributed by atoms with E-state index < -0.39 is 0 Å². The SMILES string of the molecule is COc1ccc(O)c(CNCC2(CO)CCCCC2)c1. The van der Waals surface area contributed by atoms with E-state index in [1.807, 2.05) is 6.07 Å². The van der Waals surface area contributed by atoms with Gasteiger partial charge in [0.2, 0.25) is 0 Å². The van der Waals surface area contributed by atoms with Gasteiger partial charge >= 0.3 is 0 Å². The average molecular weight is 279 g/mol. The summed E-state index contributed by atoms with van der Waals surface area (Å²) in [6.07, 6.45) is 5.85. The summed E-state index contributed by atoms with van der Waals surface area (Å²) in [5.74, 6) is 1.02. The Balaban J connectivity index is 1.91. The van der Waals surface area contributed by atoms with Crippen LogP contribution in [0.4, 0.5) is 0 Å². The summed E-state index contributed by atoms with van der Waals surface area (Å²) in [6.45, 7) is 1.62. The number of hydrogen-bond donors (Lipinski definition) is 3. The summed E-state index contributed by atoms with van der Waals surface area (Å²) in [4.78, 5) is 0. The van der Waals surface area contributed by atoms with Crippen molar-refractivity contribution in [2.45, 2.75) is 38.6 Å². The van der Waals surface area contributed by atoms with Crippen molar-refractivity contribution in [3.63, 3.8) is 0 Å². The first-order valence-electron chi connectivity index (χ1n) is 7.37. The number of phenolic OH excluding ortho intramolecular Hbond substituents is 1. The Morgan fingerprint density at radius 1 is 1.25 bits per heavy atom. The van der Waals surface area contributed by atoms with Gasteiger partial charge in [0.1, 0.15) is 11.5 Å². The van der Waals surface area contributed by atoms with E-state index >= 15 is 0 Å². The predicted octanol–water partition coefficient (Wildman–Crippen LogP) is 2.43. The average Bonchev–Trinajstić information content (AvgIpc) is 2.50. The molecule has 0 spiro atoms. The summed E-state index contributed by atoms with van der Waals surface area (Å²) in [5, 5.41) is 22.9. The van der Waals surface area contributed by atoms with Gasteiger partial charge in [-0.3, -0.25) is 0 Å². The van der Waals surface area contributed by atoms with Gasteiger partial charge in [0.15, 0.2) is 0 Å². The van der Waals surface area contributed by atoms with Crippen LogP contribution in [-0.2, 0) is 6.54 Å². The Morgan fingerprint density at radius 3 is 2.65 bits per heavy atom. The van der Waals surface area contributed by atoms with Crippen LogP contribution in [-0.4, -0.2) is 30.5 Å². The number of nitrogens with one attached hydrogen (secondary N) is 1. The Bertz CT molecular complexity index is 428. The first kappa shape index (κ1) is 15.1. The molecular formula is C16H25NO3. The number of benzene rings is 1. The molecule has 3 N–H and O–H groups in total. The second-order valence-corrected chi connectivity index (χ2v) is 5.82. The van der Waals surface area contributed by atoms with E-state index in [0.717, 1.165) is 30.7 Å². The van der Waals surface area contributed by atoms with Crippen LogP contribution in [0.2, 0.25) is 0 Å². The van der Waals surface area contributed by atoms with Crippen LogP contribution in [0.1, 0.15) is 37.7 Å². The van der Waals surface area contributed by atoms with Crippen LogP contribution in [0.5, 0.6) is 11.5 Å². The van der Waals surface area contributed by atoms with Gasteiger partial charge in [0.05, 0.1) is 7.11 Å². The van der Waals surface area contributed by atoms with Crippen molar-refractivity contribution in [3.05, 3.63) is 23.8 Å². The number of phenols is 1.